The average molecular weight is 450 g/mol. The Kier molecular flexibility index (Phi) is 7.40. The van der Waals surface area contributed by atoms with Gasteiger partial charge in [0.2, 0.25) is 5.91 Å². The Morgan fingerprint density at radius 2 is 1.81 bits per heavy atom. The van der Waals surface area contributed by atoms with E-state index in [0.29, 0.717) is 24.8 Å². The van der Waals surface area contributed by atoms with Crippen LogP contribution in [0.1, 0.15) is 29.6 Å². The van der Waals surface area contributed by atoms with E-state index in [-0.39, 0.29) is 49.8 Å². The molecule has 0 unspecified atom stereocenters. The number of fused-ring (bicyclic) bond motifs is 1. The number of hydrogen-bond donors (Lipinski definition) is 1. The van der Waals surface area contributed by atoms with Gasteiger partial charge in [0.25, 0.3) is 5.91 Å². The summed E-state index contributed by atoms with van der Waals surface area (Å²) < 4.78 is 25.2. The molecule has 4 rings (SSSR count). The van der Waals surface area contributed by atoms with Crippen LogP contribution in [0.15, 0.2) is 24.3 Å². The lowest BCUT2D eigenvalue weighted by molar-refractivity contribution is -0.155. The molecule has 8 nitrogen and oxygen atoms in total. The number of aliphatic hydroxyl groups is 1. The number of likely N-dealkylation sites (N-methyl/N-ethyl adjacent to an activating group) is 1. The van der Waals surface area contributed by atoms with Crippen molar-refractivity contribution in [3.8, 4) is 0 Å². The van der Waals surface area contributed by atoms with Crippen LogP contribution in [0, 0.1) is 5.82 Å². The number of ether oxygens (including phenoxy) is 2. The summed E-state index contributed by atoms with van der Waals surface area (Å²) in [6.07, 6.45) is 0.196. The highest BCUT2D eigenvalue weighted by atomic mass is 19.1. The molecule has 4 atom stereocenters. The van der Waals surface area contributed by atoms with Gasteiger partial charge in [0.1, 0.15) is 11.9 Å². The largest absolute Gasteiger partial charge is 0.389 e. The van der Waals surface area contributed by atoms with Crippen molar-refractivity contribution in [1.82, 2.24) is 14.7 Å². The molecule has 0 radical (unpaired) electrons. The summed E-state index contributed by atoms with van der Waals surface area (Å²) in [6.45, 7) is 3.67. The van der Waals surface area contributed by atoms with E-state index >= 15 is 0 Å². The molecule has 0 spiro atoms. The number of β-amino-alcohol motifs (C(OH)–C–C–N with tert-alkyl or cyclic N) is 1. The Morgan fingerprint density at radius 3 is 2.53 bits per heavy atom. The van der Waals surface area contributed by atoms with E-state index in [2.05, 4.69) is 11.9 Å². The molecule has 1 aromatic rings. The van der Waals surface area contributed by atoms with Crippen LogP contribution in [0.2, 0.25) is 0 Å². The van der Waals surface area contributed by atoms with Crippen LogP contribution < -0.4 is 0 Å². The minimum atomic E-state index is -0.808. The van der Waals surface area contributed by atoms with Gasteiger partial charge in [0.15, 0.2) is 0 Å². The molecule has 0 saturated carbocycles. The summed E-state index contributed by atoms with van der Waals surface area (Å²) in [7, 11) is 2.05. The van der Waals surface area contributed by atoms with Crippen LogP contribution in [-0.4, -0.2) is 109 Å². The van der Waals surface area contributed by atoms with Gasteiger partial charge >= 0.3 is 0 Å². The van der Waals surface area contributed by atoms with Crippen molar-refractivity contribution in [3.05, 3.63) is 35.6 Å². The fourth-order valence-corrected chi connectivity index (χ4v) is 4.71. The highest BCUT2D eigenvalue weighted by molar-refractivity contribution is 5.94. The van der Waals surface area contributed by atoms with E-state index in [0.717, 1.165) is 26.2 Å². The molecule has 3 saturated heterocycles. The molecule has 9 heteroatoms. The standard InChI is InChI=1S/C23H32FN3O5/c1-25-8-10-26(11-9-25)22(29)12-19-6-7-20-21(32-19)15-31-14-18(28)13-27(20)23(30)16-2-4-17(24)5-3-16/h2-5,18-21,28H,6-15H2,1H3/t18-,19+,20-,21+/m0/s1. The van der Waals surface area contributed by atoms with Crippen LogP contribution >= 0.6 is 0 Å². The number of aliphatic hydroxyl groups excluding tert-OH is 1. The number of carbonyl (C=O) groups excluding carboxylic acids is 2. The number of rotatable bonds is 3. The maximum absolute atomic E-state index is 13.3. The summed E-state index contributed by atoms with van der Waals surface area (Å²) in [5.41, 5.74) is 0.367. The monoisotopic (exact) mass is 449 g/mol. The fourth-order valence-electron chi connectivity index (χ4n) is 4.71. The first-order chi connectivity index (χ1) is 15.4. The first-order valence-electron chi connectivity index (χ1n) is 11.3. The highest BCUT2D eigenvalue weighted by Crippen LogP contribution is 2.29. The van der Waals surface area contributed by atoms with Crippen molar-refractivity contribution in [2.45, 2.75) is 43.6 Å². The van der Waals surface area contributed by atoms with Crippen LogP contribution in [0.3, 0.4) is 0 Å². The molecule has 3 aliphatic heterocycles. The summed E-state index contributed by atoms with van der Waals surface area (Å²) in [5, 5.41) is 10.3. The van der Waals surface area contributed by atoms with Crippen molar-refractivity contribution in [2.24, 2.45) is 0 Å². The first kappa shape index (κ1) is 23.1. The lowest BCUT2D eigenvalue weighted by atomic mass is 9.94. The number of carbonyl (C=O) groups is 2. The molecule has 3 heterocycles. The molecule has 3 fully saturated rings. The zero-order valence-electron chi connectivity index (χ0n) is 18.5. The van der Waals surface area contributed by atoms with Crippen molar-refractivity contribution in [3.63, 3.8) is 0 Å². The third kappa shape index (κ3) is 5.46. The average Bonchev–Trinajstić information content (AvgIpc) is 2.77. The zero-order valence-corrected chi connectivity index (χ0v) is 18.5. The Balaban J connectivity index is 1.42. The zero-order chi connectivity index (χ0) is 22.7. The normalized spacial score (nSPS) is 29.7. The second kappa shape index (κ2) is 10.2. The number of amides is 2. The van der Waals surface area contributed by atoms with E-state index in [4.69, 9.17) is 9.47 Å². The molecular weight excluding hydrogens is 417 g/mol. The van der Waals surface area contributed by atoms with Crippen molar-refractivity contribution >= 4 is 11.8 Å². The molecule has 176 valence electrons. The van der Waals surface area contributed by atoms with Gasteiger partial charge in [-0.25, -0.2) is 4.39 Å². The smallest absolute Gasteiger partial charge is 0.254 e. The van der Waals surface area contributed by atoms with Crippen LogP contribution in [0.25, 0.3) is 0 Å². The van der Waals surface area contributed by atoms with Crippen molar-refractivity contribution < 1.29 is 28.6 Å². The molecule has 0 aromatic heterocycles. The van der Waals surface area contributed by atoms with Gasteiger partial charge in [-0.15, -0.1) is 0 Å². The minimum Gasteiger partial charge on any atom is -0.389 e. The Bertz CT molecular complexity index is 799. The summed E-state index contributed by atoms with van der Waals surface area (Å²) in [6, 6.07) is 5.14. The number of hydrogen-bond acceptors (Lipinski definition) is 6. The maximum Gasteiger partial charge on any atom is 0.254 e. The number of halogens is 1. The summed E-state index contributed by atoms with van der Waals surface area (Å²) >= 11 is 0. The quantitative estimate of drug-likeness (QED) is 0.733. The van der Waals surface area contributed by atoms with Crippen LogP contribution in [-0.2, 0) is 14.3 Å². The van der Waals surface area contributed by atoms with Gasteiger partial charge < -0.3 is 29.3 Å². The maximum atomic E-state index is 13.3. The van der Waals surface area contributed by atoms with Gasteiger partial charge in [0, 0.05) is 38.3 Å². The molecule has 0 bridgehead atoms. The van der Waals surface area contributed by atoms with Gasteiger partial charge in [0.05, 0.1) is 37.9 Å². The van der Waals surface area contributed by atoms with E-state index < -0.39 is 11.9 Å². The lowest BCUT2D eigenvalue weighted by Crippen LogP contribution is -2.57. The number of piperazine rings is 1. The predicted octanol–water partition coefficient (Wildman–Crippen LogP) is 0.739. The van der Waals surface area contributed by atoms with Gasteiger partial charge in [-0.3, -0.25) is 9.59 Å². The first-order valence-corrected chi connectivity index (χ1v) is 11.3. The Morgan fingerprint density at radius 1 is 1.09 bits per heavy atom. The number of nitrogens with zero attached hydrogens (tertiary/aromatic N) is 3. The predicted molar refractivity (Wildman–Crippen MR) is 115 cm³/mol. The second-order valence-corrected chi connectivity index (χ2v) is 8.99. The number of benzene rings is 1. The highest BCUT2D eigenvalue weighted by Gasteiger charge is 2.40. The van der Waals surface area contributed by atoms with E-state index in [1.165, 1.54) is 24.3 Å². The Hall–Kier alpha value is -2.07. The molecule has 3 aliphatic rings. The summed E-state index contributed by atoms with van der Waals surface area (Å²) in [5.74, 6) is -0.575. The van der Waals surface area contributed by atoms with Crippen molar-refractivity contribution in [1.29, 1.82) is 0 Å². The van der Waals surface area contributed by atoms with Gasteiger partial charge in [-0.2, -0.15) is 0 Å². The van der Waals surface area contributed by atoms with Crippen molar-refractivity contribution in [2.75, 3.05) is 53.0 Å². The third-order valence-electron chi connectivity index (χ3n) is 6.59. The van der Waals surface area contributed by atoms with Crippen LogP contribution in [0.4, 0.5) is 4.39 Å². The SMILES string of the molecule is CN1CCN(C(=O)C[C@H]2CC[C@H]3[C@@H](COC[C@@H](O)CN3C(=O)c3ccc(F)cc3)O2)CC1. The molecule has 1 N–H and O–H groups in total. The minimum absolute atomic E-state index is 0.1000. The molecule has 2 amide bonds. The topological polar surface area (TPSA) is 82.6 Å². The third-order valence-corrected chi connectivity index (χ3v) is 6.59. The summed E-state index contributed by atoms with van der Waals surface area (Å²) in [4.78, 5) is 31.7. The lowest BCUT2D eigenvalue weighted by Gasteiger charge is -2.44. The van der Waals surface area contributed by atoms with Crippen LogP contribution in [0.5, 0.6) is 0 Å². The van der Waals surface area contributed by atoms with E-state index in [1.807, 2.05) is 4.90 Å². The van der Waals surface area contributed by atoms with Gasteiger partial charge in [-0.1, -0.05) is 0 Å². The fraction of sp³-hybridized carbons (Fsp3) is 0.652. The Labute approximate surface area is 187 Å². The van der Waals surface area contributed by atoms with E-state index in [9.17, 15) is 19.1 Å². The van der Waals surface area contributed by atoms with Gasteiger partial charge in [-0.05, 0) is 44.2 Å². The molecule has 0 aliphatic carbocycles. The molecule has 32 heavy (non-hydrogen) atoms. The van der Waals surface area contributed by atoms with E-state index in [1.54, 1.807) is 4.90 Å². The molecule has 1 aromatic carbocycles. The molecular formula is C23H32FN3O5. The second-order valence-electron chi connectivity index (χ2n) is 8.99.